The standard InChI is InChI=1S/C20H23N5O4/c1-14-12-17(25(28)29)2-3-18(14)23-20(27)19(26)22-13-15-6-10-24(11-7-15)16-4-8-21-9-5-16/h2-5,8-9,12,15H,6-7,10-11,13H2,1H3,(H,22,26)(H,23,27). The summed E-state index contributed by atoms with van der Waals surface area (Å²) in [5.41, 5.74) is 1.97. The predicted octanol–water partition coefficient (Wildman–Crippen LogP) is 2.27. The van der Waals surface area contributed by atoms with Gasteiger partial charge in [-0.05, 0) is 49.4 Å². The summed E-state index contributed by atoms with van der Waals surface area (Å²) in [5, 5.41) is 16.0. The van der Waals surface area contributed by atoms with Crippen molar-refractivity contribution in [3.05, 3.63) is 58.4 Å². The van der Waals surface area contributed by atoms with E-state index in [-0.39, 0.29) is 5.69 Å². The van der Waals surface area contributed by atoms with Crippen LogP contribution in [0.1, 0.15) is 18.4 Å². The highest BCUT2D eigenvalue weighted by Crippen LogP contribution is 2.23. The van der Waals surface area contributed by atoms with Gasteiger partial charge in [0, 0.05) is 55.5 Å². The highest BCUT2D eigenvalue weighted by Gasteiger charge is 2.22. The van der Waals surface area contributed by atoms with Crippen LogP contribution in [0.2, 0.25) is 0 Å². The third-order valence-corrected chi connectivity index (χ3v) is 5.07. The van der Waals surface area contributed by atoms with Gasteiger partial charge in [0.05, 0.1) is 4.92 Å². The first-order valence-corrected chi connectivity index (χ1v) is 9.43. The van der Waals surface area contributed by atoms with E-state index in [0.29, 0.717) is 23.7 Å². The van der Waals surface area contributed by atoms with Crippen LogP contribution in [0.3, 0.4) is 0 Å². The number of anilines is 2. The van der Waals surface area contributed by atoms with Crippen LogP contribution in [0.25, 0.3) is 0 Å². The number of amides is 2. The van der Waals surface area contributed by atoms with Crippen molar-refractivity contribution < 1.29 is 14.5 Å². The van der Waals surface area contributed by atoms with Gasteiger partial charge in [-0.25, -0.2) is 0 Å². The Morgan fingerprint density at radius 3 is 2.48 bits per heavy atom. The molecule has 3 rings (SSSR count). The Bertz CT molecular complexity index is 895. The number of hydrogen-bond acceptors (Lipinski definition) is 6. The van der Waals surface area contributed by atoms with Crippen LogP contribution < -0.4 is 15.5 Å². The summed E-state index contributed by atoms with van der Waals surface area (Å²) >= 11 is 0. The predicted molar refractivity (Wildman–Crippen MR) is 109 cm³/mol. The van der Waals surface area contributed by atoms with E-state index in [4.69, 9.17) is 0 Å². The molecule has 1 saturated heterocycles. The van der Waals surface area contributed by atoms with E-state index >= 15 is 0 Å². The minimum Gasteiger partial charge on any atom is -0.371 e. The fourth-order valence-corrected chi connectivity index (χ4v) is 3.35. The van der Waals surface area contributed by atoms with Gasteiger partial charge in [0.25, 0.3) is 5.69 Å². The maximum absolute atomic E-state index is 12.1. The lowest BCUT2D eigenvalue weighted by molar-refractivity contribution is -0.384. The van der Waals surface area contributed by atoms with Crippen molar-refractivity contribution >= 4 is 28.9 Å². The van der Waals surface area contributed by atoms with Crippen molar-refractivity contribution in [3.8, 4) is 0 Å². The number of piperidine rings is 1. The summed E-state index contributed by atoms with van der Waals surface area (Å²) in [5.74, 6) is -1.18. The molecule has 1 aliphatic heterocycles. The van der Waals surface area contributed by atoms with Crippen LogP contribution in [0, 0.1) is 23.0 Å². The van der Waals surface area contributed by atoms with Crippen molar-refractivity contribution in [2.24, 2.45) is 5.92 Å². The van der Waals surface area contributed by atoms with Gasteiger partial charge in [0.2, 0.25) is 0 Å². The van der Waals surface area contributed by atoms with Crippen LogP contribution >= 0.6 is 0 Å². The average Bonchev–Trinajstić information content (AvgIpc) is 2.74. The Hall–Kier alpha value is -3.49. The molecular weight excluding hydrogens is 374 g/mol. The van der Waals surface area contributed by atoms with E-state index in [1.54, 1.807) is 19.3 Å². The van der Waals surface area contributed by atoms with Crippen molar-refractivity contribution in [3.63, 3.8) is 0 Å². The monoisotopic (exact) mass is 397 g/mol. The largest absolute Gasteiger partial charge is 0.371 e. The number of pyridine rings is 1. The average molecular weight is 397 g/mol. The van der Waals surface area contributed by atoms with E-state index < -0.39 is 16.7 Å². The maximum atomic E-state index is 12.1. The van der Waals surface area contributed by atoms with E-state index in [9.17, 15) is 19.7 Å². The van der Waals surface area contributed by atoms with Crippen LogP contribution in [-0.2, 0) is 9.59 Å². The van der Waals surface area contributed by atoms with Crippen LogP contribution in [0.4, 0.5) is 17.1 Å². The molecule has 1 aromatic heterocycles. The lowest BCUT2D eigenvalue weighted by atomic mass is 9.96. The van der Waals surface area contributed by atoms with Crippen LogP contribution in [-0.4, -0.2) is 41.4 Å². The minimum atomic E-state index is -0.781. The molecule has 2 N–H and O–H groups in total. The molecule has 0 aliphatic carbocycles. The van der Waals surface area contributed by atoms with Gasteiger partial charge in [0.15, 0.2) is 0 Å². The second-order valence-corrected chi connectivity index (χ2v) is 7.06. The summed E-state index contributed by atoms with van der Waals surface area (Å²) in [7, 11) is 0. The number of carbonyl (C=O) groups excluding carboxylic acids is 2. The molecule has 9 heteroatoms. The van der Waals surface area contributed by atoms with Gasteiger partial charge in [-0.2, -0.15) is 0 Å². The topological polar surface area (TPSA) is 117 Å². The fraction of sp³-hybridized carbons (Fsp3) is 0.350. The summed E-state index contributed by atoms with van der Waals surface area (Å²) in [6.45, 7) is 3.85. The summed E-state index contributed by atoms with van der Waals surface area (Å²) in [4.78, 5) is 40.8. The number of nitro groups is 1. The Labute approximate surface area is 168 Å². The number of nitro benzene ring substituents is 1. The normalized spacial score (nSPS) is 14.3. The molecule has 2 heterocycles. The molecule has 0 bridgehead atoms. The number of benzene rings is 1. The number of aryl methyl sites for hydroxylation is 1. The number of aromatic nitrogens is 1. The third kappa shape index (κ3) is 5.28. The molecule has 1 aliphatic rings. The molecule has 1 aromatic carbocycles. The van der Waals surface area contributed by atoms with Crippen molar-refractivity contribution in [2.45, 2.75) is 19.8 Å². The molecule has 0 saturated carbocycles. The van der Waals surface area contributed by atoms with Gasteiger partial charge in [0.1, 0.15) is 0 Å². The Kier molecular flexibility index (Phi) is 6.38. The number of nitrogens with zero attached hydrogens (tertiary/aromatic N) is 3. The molecule has 152 valence electrons. The minimum absolute atomic E-state index is 0.0666. The van der Waals surface area contributed by atoms with Gasteiger partial charge in [-0.3, -0.25) is 24.7 Å². The van der Waals surface area contributed by atoms with E-state index in [1.165, 1.54) is 18.2 Å². The zero-order chi connectivity index (χ0) is 20.8. The lowest BCUT2D eigenvalue weighted by Gasteiger charge is -2.33. The number of non-ortho nitro benzene ring substituents is 1. The zero-order valence-electron chi connectivity index (χ0n) is 16.1. The van der Waals surface area contributed by atoms with Crippen LogP contribution in [0.15, 0.2) is 42.7 Å². The van der Waals surface area contributed by atoms with Crippen LogP contribution in [0.5, 0.6) is 0 Å². The maximum Gasteiger partial charge on any atom is 0.313 e. The lowest BCUT2D eigenvalue weighted by Crippen LogP contribution is -2.41. The second kappa shape index (κ2) is 9.13. The van der Waals surface area contributed by atoms with Crippen molar-refractivity contribution in [1.29, 1.82) is 0 Å². The number of carbonyl (C=O) groups is 2. The van der Waals surface area contributed by atoms with Crippen molar-refractivity contribution in [2.75, 3.05) is 29.9 Å². The molecule has 1 fully saturated rings. The van der Waals surface area contributed by atoms with Gasteiger partial charge in [-0.15, -0.1) is 0 Å². The summed E-state index contributed by atoms with van der Waals surface area (Å²) in [6, 6.07) is 8.02. The quantitative estimate of drug-likeness (QED) is 0.454. The molecule has 29 heavy (non-hydrogen) atoms. The molecule has 9 nitrogen and oxygen atoms in total. The Balaban J connectivity index is 1.45. The molecule has 0 spiro atoms. The van der Waals surface area contributed by atoms with E-state index in [2.05, 4.69) is 20.5 Å². The third-order valence-electron chi connectivity index (χ3n) is 5.07. The van der Waals surface area contributed by atoms with E-state index in [1.807, 2.05) is 12.1 Å². The molecule has 0 atom stereocenters. The Morgan fingerprint density at radius 2 is 1.86 bits per heavy atom. The molecule has 2 amide bonds. The molecule has 2 aromatic rings. The number of nitrogens with one attached hydrogen (secondary N) is 2. The fourth-order valence-electron chi connectivity index (χ4n) is 3.35. The highest BCUT2D eigenvalue weighted by molar-refractivity contribution is 6.39. The van der Waals surface area contributed by atoms with Gasteiger partial charge < -0.3 is 15.5 Å². The van der Waals surface area contributed by atoms with Gasteiger partial charge in [-0.1, -0.05) is 0 Å². The highest BCUT2D eigenvalue weighted by atomic mass is 16.6. The first-order valence-electron chi connectivity index (χ1n) is 9.43. The summed E-state index contributed by atoms with van der Waals surface area (Å²) in [6.07, 6.45) is 5.39. The van der Waals surface area contributed by atoms with Crippen molar-refractivity contribution in [1.82, 2.24) is 10.3 Å². The smallest absolute Gasteiger partial charge is 0.313 e. The number of rotatable bonds is 5. The molecule has 0 unspecified atom stereocenters. The Morgan fingerprint density at radius 1 is 1.17 bits per heavy atom. The first kappa shape index (κ1) is 20.2. The SMILES string of the molecule is Cc1cc([N+](=O)[O-])ccc1NC(=O)C(=O)NCC1CCN(c2ccncc2)CC1. The molecular formula is C20H23N5O4. The first-order chi connectivity index (χ1) is 13.9. The van der Waals surface area contributed by atoms with E-state index in [0.717, 1.165) is 31.6 Å². The number of hydrogen-bond donors (Lipinski definition) is 2. The van der Waals surface area contributed by atoms with Gasteiger partial charge >= 0.3 is 11.8 Å². The molecule has 0 radical (unpaired) electrons. The summed E-state index contributed by atoms with van der Waals surface area (Å²) < 4.78 is 0. The zero-order valence-corrected chi connectivity index (χ0v) is 16.1. The second-order valence-electron chi connectivity index (χ2n) is 7.06.